The van der Waals surface area contributed by atoms with Crippen LogP contribution in [0.4, 0.5) is 0 Å². The summed E-state index contributed by atoms with van der Waals surface area (Å²) >= 11 is 0. The predicted molar refractivity (Wildman–Crippen MR) is 68.6 cm³/mol. The molecule has 2 aliphatic rings. The number of benzene rings is 1. The number of rotatable bonds is 3. The van der Waals surface area contributed by atoms with Crippen molar-refractivity contribution < 1.29 is 19.4 Å². The van der Waals surface area contributed by atoms with Crippen molar-refractivity contribution in [1.29, 1.82) is 0 Å². The van der Waals surface area contributed by atoms with Crippen LogP contribution in [0, 0.1) is 6.92 Å². The molecule has 19 heavy (non-hydrogen) atoms. The van der Waals surface area contributed by atoms with Crippen LogP contribution in [-0.4, -0.2) is 41.8 Å². The highest BCUT2D eigenvalue weighted by molar-refractivity contribution is 5.74. The number of hydrogen-bond acceptors (Lipinski definition) is 4. The summed E-state index contributed by atoms with van der Waals surface area (Å²) < 4.78 is 11.1. The molecular formula is C14H17NO4. The number of nitrogens with zero attached hydrogens (tertiary/aromatic N) is 1. The van der Waals surface area contributed by atoms with Crippen molar-refractivity contribution in [3.05, 3.63) is 23.3 Å². The minimum Gasteiger partial charge on any atom is -0.486 e. The Morgan fingerprint density at radius 1 is 1.37 bits per heavy atom. The van der Waals surface area contributed by atoms with E-state index in [9.17, 15) is 4.79 Å². The molecule has 0 saturated carbocycles. The molecule has 5 heteroatoms. The Morgan fingerprint density at radius 3 is 2.63 bits per heavy atom. The van der Waals surface area contributed by atoms with Gasteiger partial charge in [-0.25, -0.2) is 0 Å². The maximum Gasteiger partial charge on any atom is 0.320 e. The van der Waals surface area contributed by atoms with Gasteiger partial charge in [-0.2, -0.15) is 0 Å². The van der Waals surface area contributed by atoms with E-state index in [2.05, 4.69) is 0 Å². The molecule has 1 atom stereocenters. The maximum atomic E-state index is 11.0. The van der Waals surface area contributed by atoms with Crippen molar-refractivity contribution in [1.82, 2.24) is 4.90 Å². The summed E-state index contributed by atoms with van der Waals surface area (Å²) in [7, 11) is 0. The fraction of sp³-hybridized carbons (Fsp3) is 0.500. The summed E-state index contributed by atoms with van der Waals surface area (Å²) in [5.41, 5.74) is 2.22. The Morgan fingerprint density at radius 2 is 2.05 bits per heavy atom. The standard InChI is InChI=1S/C14H17NO4/c1-9-6-12-13(19-5-4-18-12)7-10(9)8-15-3-2-11(15)14(16)17/h6-7,11H,2-5,8H2,1H3,(H,16,17). The van der Waals surface area contributed by atoms with Crippen molar-refractivity contribution in [2.45, 2.75) is 25.9 Å². The molecule has 1 saturated heterocycles. The summed E-state index contributed by atoms with van der Waals surface area (Å²) in [6.07, 6.45) is 0.735. The molecule has 0 aliphatic carbocycles. The van der Waals surface area contributed by atoms with E-state index in [1.165, 1.54) is 0 Å². The minimum absolute atomic E-state index is 0.340. The number of carboxylic acid groups (broad SMARTS) is 1. The molecule has 1 aromatic carbocycles. The third-order valence-corrected chi connectivity index (χ3v) is 3.79. The third kappa shape index (κ3) is 2.26. The van der Waals surface area contributed by atoms with E-state index in [1.54, 1.807) is 0 Å². The first-order valence-corrected chi connectivity index (χ1v) is 6.51. The normalized spacial score (nSPS) is 21.8. The van der Waals surface area contributed by atoms with Crippen LogP contribution in [0.1, 0.15) is 17.5 Å². The molecule has 0 radical (unpaired) electrons. The second kappa shape index (κ2) is 4.74. The molecule has 1 fully saturated rings. The zero-order valence-electron chi connectivity index (χ0n) is 10.9. The highest BCUT2D eigenvalue weighted by Crippen LogP contribution is 2.34. The first kappa shape index (κ1) is 12.3. The molecule has 1 unspecified atom stereocenters. The first-order valence-electron chi connectivity index (χ1n) is 6.51. The van der Waals surface area contributed by atoms with Gasteiger partial charge in [0.1, 0.15) is 19.3 Å². The fourth-order valence-corrected chi connectivity index (χ4v) is 2.53. The van der Waals surface area contributed by atoms with Crippen LogP contribution in [0.15, 0.2) is 12.1 Å². The topological polar surface area (TPSA) is 59.0 Å². The average Bonchev–Trinajstić information content (AvgIpc) is 2.34. The zero-order chi connectivity index (χ0) is 13.4. The Labute approximate surface area is 111 Å². The van der Waals surface area contributed by atoms with Crippen LogP contribution in [0.3, 0.4) is 0 Å². The Hall–Kier alpha value is -1.75. The third-order valence-electron chi connectivity index (χ3n) is 3.79. The quantitative estimate of drug-likeness (QED) is 0.894. The number of likely N-dealkylation sites (tertiary alicyclic amines) is 1. The molecule has 2 heterocycles. The Kier molecular flexibility index (Phi) is 3.06. The molecule has 1 aromatic rings. The number of aryl methyl sites for hydroxylation is 1. The van der Waals surface area contributed by atoms with Crippen molar-refractivity contribution >= 4 is 5.97 Å². The molecule has 2 aliphatic heterocycles. The number of hydrogen-bond donors (Lipinski definition) is 1. The second-order valence-electron chi connectivity index (χ2n) is 5.04. The molecule has 5 nitrogen and oxygen atoms in total. The SMILES string of the molecule is Cc1cc2c(cc1CN1CCC1C(=O)O)OCCO2. The van der Waals surface area contributed by atoms with Gasteiger partial charge in [0.25, 0.3) is 0 Å². The predicted octanol–water partition coefficient (Wildman–Crippen LogP) is 1.43. The van der Waals surface area contributed by atoms with E-state index in [0.717, 1.165) is 35.6 Å². The lowest BCUT2D eigenvalue weighted by Crippen LogP contribution is -2.51. The van der Waals surface area contributed by atoms with Crippen molar-refractivity contribution in [2.24, 2.45) is 0 Å². The molecule has 0 bridgehead atoms. The number of aliphatic carboxylic acids is 1. The highest BCUT2D eigenvalue weighted by atomic mass is 16.6. The van der Waals surface area contributed by atoms with E-state index in [1.807, 2.05) is 24.0 Å². The molecule has 0 aromatic heterocycles. The number of carboxylic acids is 1. The largest absolute Gasteiger partial charge is 0.486 e. The van der Waals surface area contributed by atoms with Gasteiger partial charge < -0.3 is 14.6 Å². The lowest BCUT2D eigenvalue weighted by atomic mass is 10.00. The molecular weight excluding hydrogens is 246 g/mol. The Balaban J connectivity index is 1.79. The molecule has 0 amide bonds. The van der Waals surface area contributed by atoms with Crippen molar-refractivity contribution in [3.8, 4) is 11.5 Å². The van der Waals surface area contributed by atoms with Crippen LogP contribution in [0.25, 0.3) is 0 Å². The average molecular weight is 263 g/mol. The second-order valence-corrected chi connectivity index (χ2v) is 5.04. The van der Waals surface area contributed by atoms with Gasteiger partial charge in [0.2, 0.25) is 0 Å². The maximum absolute atomic E-state index is 11.0. The molecule has 3 rings (SSSR count). The van der Waals surface area contributed by atoms with Gasteiger partial charge in [-0.15, -0.1) is 0 Å². The van der Waals surface area contributed by atoms with Gasteiger partial charge in [0.15, 0.2) is 11.5 Å². The number of carbonyl (C=O) groups is 1. The molecule has 102 valence electrons. The van der Waals surface area contributed by atoms with Crippen LogP contribution in [-0.2, 0) is 11.3 Å². The van der Waals surface area contributed by atoms with E-state index >= 15 is 0 Å². The minimum atomic E-state index is -0.735. The van der Waals surface area contributed by atoms with E-state index in [0.29, 0.717) is 19.8 Å². The summed E-state index contributed by atoms with van der Waals surface area (Å²) in [4.78, 5) is 13.0. The lowest BCUT2D eigenvalue weighted by molar-refractivity contribution is -0.148. The van der Waals surface area contributed by atoms with E-state index in [4.69, 9.17) is 14.6 Å². The summed E-state index contributed by atoms with van der Waals surface area (Å²) in [6, 6.07) is 3.60. The van der Waals surface area contributed by atoms with Crippen LogP contribution < -0.4 is 9.47 Å². The van der Waals surface area contributed by atoms with Gasteiger partial charge in [-0.3, -0.25) is 9.69 Å². The highest BCUT2D eigenvalue weighted by Gasteiger charge is 2.34. The zero-order valence-corrected chi connectivity index (χ0v) is 10.9. The smallest absolute Gasteiger partial charge is 0.320 e. The molecule has 0 spiro atoms. The van der Waals surface area contributed by atoms with Crippen molar-refractivity contribution in [2.75, 3.05) is 19.8 Å². The van der Waals surface area contributed by atoms with Gasteiger partial charge in [0, 0.05) is 13.1 Å². The van der Waals surface area contributed by atoms with E-state index in [-0.39, 0.29) is 6.04 Å². The first-order chi connectivity index (χ1) is 9.15. The fourth-order valence-electron chi connectivity index (χ4n) is 2.53. The lowest BCUT2D eigenvalue weighted by Gasteiger charge is -2.38. The van der Waals surface area contributed by atoms with Crippen molar-refractivity contribution in [3.63, 3.8) is 0 Å². The molecule has 1 N–H and O–H groups in total. The Bertz CT molecular complexity index is 514. The van der Waals surface area contributed by atoms with Crippen LogP contribution >= 0.6 is 0 Å². The van der Waals surface area contributed by atoms with Gasteiger partial charge >= 0.3 is 5.97 Å². The summed E-state index contributed by atoms with van der Waals surface area (Å²) in [6.45, 7) is 4.66. The van der Waals surface area contributed by atoms with Gasteiger partial charge in [-0.1, -0.05) is 0 Å². The number of ether oxygens (including phenoxy) is 2. The number of fused-ring (bicyclic) bond motifs is 1. The summed E-state index contributed by atoms with van der Waals surface area (Å²) in [5, 5.41) is 9.06. The summed E-state index contributed by atoms with van der Waals surface area (Å²) in [5.74, 6) is 0.812. The van der Waals surface area contributed by atoms with Gasteiger partial charge in [-0.05, 0) is 36.6 Å². The van der Waals surface area contributed by atoms with E-state index < -0.39 is 5.97 Å². The van der Waals surface area contributed by atoms with Crippen LogP contribution in [0.5, 0.6) is 11.5 Å². The van der Waals surface area contributed by atoms with Gasteiger partial charge in [0.05, 0.1) is 0 Å². The monoisotopic (exact) mass is 263 g/mol. The van der Waals surface area contributed by atoms with Crippen LogP contribution in [0.2, 0.25) is 0 Å².